The van der Waals surface area contributed by atoms with E-state index in [0.29, 0.717) is 41.0 Å². The van der Waals surface area contributed by atoms with Gasteiger partial charge in [0.15, 0.2) is 5.82 Å². The van der Waals surface area contributed by atoms with Crippen LogP contribution in [0, 0.1) is 0 Å². The second-order valence-corrected chi connectivity index (χ2v) is 10.1. The van der Waals surface area contributed by atoms with Crippen LogP contribution in [0.5, 0.6) is 0 Å². The van der Waals surface area contributed by atoms with Gasteiger partial charge in [-0.05, 0) is 48.6 Å². The number of hydrogen-bond donors (Lipinski definition) is 3. The van der Waals surface area contributed by atoms with E-state index in [1.165, 1.54) is 6.20 Å². The van der Waals surface area contributed by atoms with Crippen LogP contribution in [0.25, 0.3) is 10.9 Å². The molecule has 0 aliphatic heterocycles. The Morgan fingerprint density at radius 1 is 1.06 bits per heavy atom. The maximum absolute atomic E-state index is 12.4. The largest absolute Gasteiger partial charge is 0.350 e. The Labute approximate surface area is 190 Å². The first-order valence-corrected chi connectivity index (χ1v) is 12.0. The number of sulfonamides is 1. The molecule has 1 fully saturated rings. The average Bonchev–Trinajstić information content (AvgIpc) is 3.57. The van der Waals surface area contributed by atoms with Gasteiger partial charge in [-0.2, -0.15) is 4.98 Å². The van der Waals surface area contributed by atoms with E-state index in [1.54, 1.807) is 24.3 Å². The first-order valence-electron chi connectivity index (χ1n) is 10.1. The van der Waals surface area contributed by atoms with Crippen LogP contribution >= 0.6 is 11.6 Å². The molecular weight excluding hydrogens is 448 g/mol. The highest BCUT2D eigenvalue weighted by molar-refractivity contribution is 7.93. The van der Waals surface area contributed by atoms with Crippen molar-refractivity contribution < 1.29 is 8.42 Å². The third-order valence-electron chi connectivity index (χ3n) is 5.28. The molecule has 0 atom stereocenters. The van der Waals surface area contributed by atoms with E-state index < -0.39 is 10.0 Å². The second-order valence-electron chi connectivity index (χ2n) is 7.73. The molecule has 8 nitrogen and oxygen atoms in total. The number of benzene rings is 2. The Morgan fingerprint density at radius 2 is 1.84 bits per heavy atom. The first kappa shape index (κ1) is 20.6. The van der Waals surface area contributed by atoms with Crippen LogP contribution in [0.3, 0.4) is 0 Å². The van der Waals surface area contributed by atoms with Gasteiger partial charge in [-0.25, -0.2) is 13.4 Å². The van der Waals surface area contributed by atoms with Gasteiger partial charge in [-0.1, -0.05) is 29.8 Å². The van der Waals surface area contributed by atoms with Gasteiger partial charge in [-0.15, -0.1) is 0 Å². The number of anilines is 5. The smallest absolute Gasteiger partial charge is 0.235 e. The monoisotopic (exact) mass is 468 g/mol. The molecule has 2 aromatic heterocycles. The summed E-state index contributed by atoms with van der Waals surface area (Å²) in [6.07, 6.45) is 4.87. The summed E-state index contributed by atoms with van der Waals surface area (Å²) >= 11 is 6.32. The van der Waals surface area contributed by atoms with E-state index in [1.807, 2.05) is 36.0 Å². The quantitative estimate of drug-likeness (QED) is 0.352. The van der Waals surface area contributed by atoms with Crippen molar-refractivity contribution in [2.24, 2.45) is 7.05 Å². The van der Waals surface area contributed by atoms with E-state index in [0.717, 1.165) is 16.6 Å². The molecule has 0 unspecified atom stereocenters. The molecule has 0 amide bonds. The predicted molar refractivity (Wildman–Crippen MR) is 129 cm³/mol. The lowest BCUT2D eigenvalue weighted by Crippen LogP contribution is -2.18. The third-order valence-corrected chi connectivity index (χ3v) is 7.41. The Hall–Kier alpha value is -3.30. The molecule has 164 valence electrons. The van der Waals surface area contributed by atoms with Crippen molar-refractivity contribution in [3.8, 4) is 0 Å². The van der Waals surface area contributed by atoms with Crippen molar-refractivity contribution in [3.63, 3.8) is 0 Å². The number of nitrogens with zero attached hydrogens (tertiary/aromatic N) is 3. The Balaban J connectivity index is 1.40. The van der Waals surface area contributed by atoms with Crippen LogP contribution < -0.4 is 15.4 Å². The molecule has 0 bridgehead atoms. The normalized spacial score (nSPS) is 13.8. The average molecular weight is 469 g/mol. The van der Waals surface area contributed by atoms with Crippen LogP contribution in [0.15, 0.2) is 60.9 Å². The number of halogens is 1. The molecule has 2 heterocycles. The zero-order valence-corrected chi connectivity index (χ0v) is 18.8. The van der Waals surface area contributed by atoms with E-state index in [2.05, 4.69) is 31.4 Å². The van der Waals surface area contributed by atoms with Gasteiger partial charge in [-0.3, -0.25) is 4.72 Å². The van der Waals surface area contributed by atoms with Crippen molar-refractivity contribution in [1.82, 2.24) is 14.5 Å². The minimum atomic E-state index is -3.40. The maximum Gasteiger partial charge on any atom is 0.235 e. The molecule has 1 aliphatic rings. The zero-order valence-electron chi connectivity index (χ0n) is 17.2. The molecule has 3 N–H and O–H groups in total. The lowest BCUT2D eigenvalue weighted by atomic mass is 10.2. The van der Waals surface area contributed by atoms with Crippen LogP contribution in [0.4, 0.5) is 28.8 Å². The van der Waals surface area contributed by atoms with Gasteiger partial charge < -0.3 is 15.2 Å². The van der Waals surface area contributed by atoms with Crippen LogP contribution in [0.1, 0.15) is 12.8 Å². The summed E-state index contributed by atoms with van der Waals surface area (Å²) in [5.74, 6) is 0.726. The van der Waals surface area contributed by atoms with E-state index in [9.17, 15) is 8.42 Å². The number of fused-ring (bicyclic) bond motifs is 1. The van der Waals surface area contributed by atoms with E-state index >= 15 is 0 Å². The number of hydrogen-bond acceptors (Lipinski definition) is 6. The van der Waals surface area contributed by atoms with Gasteiger partial charge in [0.05, 0.1) is 22.8 Å². The maximum atomic E-state index is 12.4. The van der Waals surface area contributed by atoms with Gasteiger partial charge in [0, 0.05) is 24.4 Å². The zero-order chi connectivity index (χ0) is 22.3. The molecule has 10 heteroatoms. The Kier molecular flexibility index (Phi) is 5.15. The van der Waals surface area contributed by atoms with Gasteiger partial charge in [0.25, 0.3) is 0 Å². The first-order chi connectivity index (χ1) is 15.4. The highest BCUT2D eigenvalue weighted by atomic mass is 35.5. The van der Waals surface area contributed by atoms with Crippen molar-refractivity contribution in [1.29, 1.82) is 0 Å². The predicted octanol–water partition coefficient (Wildman–Crippen LogP) is 5.01. The SMILES string of the molecule is Cn1ccc2ccc(Nc3ncc(Cl)c(Nc4ccccc4NS(=O)(=O)C4CC4)n3)cc21. The fraction of sp³-hybridized carbons (Fsp3) is 0.182. The fourth-order valence-corrected chi connectivity index (χ4v) is 4.95. The van der Waals surface area contributed by atoms with Crippen molar-refractivity contribution in [2.75, 3.05) is 15.4 Å². The van der Waals surface area contributed by atoms with Crippen molar-refractivity contribution >= 4 is 61.4 Å². The molecule has 4 aromatic rings. The number of para-hydroxylation sites is 2. The number of rotatable bonds is 7. The summed E-state index contributed by atoms with van der Waals surface area (Å²) in [4.78, 5) is 8.76. The fourth-order valence-electron chi connectivity index (χ4n) is 3.41. The number of aromatic nitrogens is 3. The highest BCUT2D eigenvalue weighted by Crippen LogP contribution is 2.34. The lowest BCUT2D eigenvalue weighted by molar-refractivity contribution is 0.600. The molecular formula is C22H21ClN6O2S. The summed E-state index contributed by atoms with van der Waals surface area (Å²) in [5, 5.41) is 7.46. The molecule has 0 radical (unpaired) electrons. The Bertz CT molecular complexity index is 1420. The number of aryl methyl sites for hydroxylation is 1. The minimum absolute atomic E-state index is 0.313. The molecule has 5 rings (SSSR count). The van der Waals surface area contributed by atoms with Crippen LogP contribution in [-0.2, 0) is 17.1 Å². The molecule has 0 spiro atoms. The van der Waals surface area contributed by atoms with Gasteiger partial charge in [0.2, 0.25) is 16.0 Å². The summed E-state index contributed by atoms with van der Waals surface area (Å²) in [6.45, 7) is 0. The molecule has 0 saturated heterocycles. The van der Waals surface area contributed by atoms with Crippen molar-refractivity contribution in [2.45, 2.75) is 18.1 Å². The standard InChI is InChI=1S/C22H21ClN6O2S/c1-29-11-10-14-6-7-15(12-20(14)29)25-22-24-13-17(23)21(27-22)26-18-4-2-3-5-19(18)28-32(30,31)16-8-9-16/h2-7,10-13,16,28H,8-9H2,1H3,(H2,24,25,26,27). The van der Waals surface area contributed by atoms with Crippen LogP contribution in [-0.4, -0.2) is 28.2 Å². The van der Waals surface area contributed by atoms with Gasteiger partial charge >= 0.3 is 0 Å². The summed E-state index contributed by atoms with van der Waals surface area (Å²) in [5.41, 5.74) is 2.91. The van der Waals surface area contributed by atoms with Crippen LogP contribution in [0.2, 0.25) is 5.02 Å². The topological polar surface area (TPSA) is 101 Å². The molecule has 1 saturated carbocycles. The highest BCUT2D eigenvalue weighted by Gasteiger charge is 2.36. The number of nitrogens with one attached hydrogen (secondary N) is 3. The molecule has 32 heavy (non-hydrogen) atoms. The van der Waals surface area contributed by atoms with E-state index in [4.69, 9.17) is 11.6 Å². The lowest BCUT2D eigenvalue weighted by Gasteiger charge is -2.15. The van der Waals surface area contributed by atoms with E-state index in [-0.39, 0.29) is 5.25 Å². The molecule has 2 aromatic carbocycles. The summed E-state index contributed by atoms with van der Waals surface area (Å²) < 4.78 is 29.5. The Morgan fingerprint density at radius 3 is 2.62 bits per heavy atom. The van der Waals surface area contributed by atoms with Gasteiger partial charge in [0.1, 0.15) is 5.02 Å². The molecule has 1 aliphatic carbocycles. The van der Waals surface area contributed by atoms with Crippen molar-refractivity contribution in [3.05, 3.63) is 65.9 Å². The minimum Gasteiger partial charge on any atom is -0.350 e. The summed E-state index contributed by atoms with van der Waals surface area (Å²) in [7, 11) is -1.41. The summed E-state index contributed by atoms with van der Waals surface area (Å²) in [6, 6.07) is 15.1. The third kappa shape index (κ3) is 4.21. The second kappa shape index (κ2) is 7.99.